The lowest BCUT2D eigenvalue weighted by atomic mass is 9.53. The lowest BCUT2D eigenvalue weighted by Crippen LogP contribution is -2.65. The first kappa shape index (κ1) is 29.7. The molecule has 4 bridgehead atoms. The van der Waals surface area contributed by atoms with Gasteiger partial charge in [-0.3, -0.25) is 4.79 Å². The van der Waals surface area contributed by atoms with Crippen molar-refractivity contribution in [1.29, 1.82) is 0 Å². The third kappa shape index (κ3) is 6.00. The van der Waals surface area contributed by atoms with Gasteiger partial charge in [-0.15, -0.1) is 0 Å². The van der Waals surface area contributed by atoms with Gasteiger partial charge in [-0.2, -0.15) is 19.6 Å². The molecule has 4 aliphatic carbocycles. The van der Waals surface area contributed by atoms with Gasteiger partial charge in [0.15, 0.2) is 0 Å². The SMILES string of the molecule is O=C(N1CCOCC1)N1CCC2(CC1)OOC1(OO2)C2CC3CC(C2)CC1C3.O=C1CCN(C(=O)N2CCOCC2)CC1. The van der Waals surface area contributed by atoms with Crippen LogP contribution in [0.4, 0.5) is 9.59 Å². The van der Waals surface area contributed by atoms with Gasteiger partial charge < -0.3 is 29.1 Å². The molecule has 2 spiro atoms. The van der Waals surface area contributed by atoms with Crippen molar-refractivity contribution in [2.24, 2.45) is 23.7 Å². The van der Waals surface area contributed by atoms with Gasteiger partial charge >= 0.3 is 12.1 Å². The molecule has 0 atom stereocenters. The second kappa shape index (κ2) is 12.4. The van der Waals surface area contributed by atoms with E-state index in [2.05, 4.69) is 0 Å². The van der Waals surface area contributed by atoms with E-state index in [0.717, 1.165) is 37.5 Å². The molecular formula is C30H46N4O9. The number of amides is 4. The Morgan fingerprint density at radius 1 is 0.558 bits per heavy atom. The summed E-state index contributed by atoms with van der Waals surface area (Å²) in [6.45, 7) is 7.44. The lowest BCUT2D eigenvalue weighted by Gasteiger charge is -2.60. The molecular weight excluding hydrogens is 560 g/mol. The summed E-state index contributed by atoms with van der Waals surface area (Å²) in [5.41, 5.74) is 0. The van der Waals surface area contributed by atoms with Crippen molar-refractivity contribution in [3.05, 3.63) is 0 Å². The molecule has 13 heteroatoms. The standard InChI is InChI=1S/C20H30N2O6.C10H16N2O3/c23-18(22-5-7-24-8-6-22)21-3-1-19(2-4-21)25-27-20(28-26-19)16-10-14-9-15(12-16)13-17(20)11-14;13-9-1-3-11(4-2-9)10(14)12-5-7-15-8-6-12/h14-17H,1-13H2;1-8H2. The molecule has 240 valence electrons. The molecule has 43 heavy (non-hydrogen) atoms. The van der Waals surface area contributed by atoms with Gasteiger partial charge in [0, 0.05) is 89.9 Å². The first-order chi connectivity index (χ1) is 20.9. The Balaban J connectivity index is 0.000000170. The number of Topliss-reactive ketones (excluding diaryl/α,β-unsaturated/α-hetero) is 1. The second-order valence-electron chi connectivity index (χ2n) is 13.5. The predicted octanol–water partition coefficient (Wildman–Crippen LogP) is 2.40. The van der Waals surface area contributed by atoms with Crippen LogP contribution in [0, 0.1) is 23.7 Å². The van der Waals surface area contributed by atoms with Crippen molar-refractivity contribution < 1.29 is 43.4 Å². The highest BCUT2D eigenvalue weighted by molar-refractivity contribution is 5.82. The molecule has 0 N–H and O–H groups in total. The zero-order valence-electron chi connectivity index (χ0n) is 25.1. The van der Waals surface area contributed by atoms with Gasteiger partial charge in [0.05, 0.1) is 26.4 Å². The van der Waals surface area contributed by atoms with Gasteiger partial charge in [-0.1, -0.05) is 0 Å². The topological polar surface area (TPSA) is 120 Å². The van der Waals surface area contributed by atoms with Gasteiger partial charge in [-0.05, 0) is 43.9 Å². The fraction of sp³-hybridized carbons (Fsp3) is 0.900. The Morgan fingerprint density at radius 3 is 1.44 bits per heavy atom. The van der Waals surface area contributed by atoms with Crippen LogP contribution >= 0.6 is 0 Å². The van der Waals surface area contributed by atoms with Crippen LogP contribution in [0.3, 0.4) is 0 Å². The smallest absolute Gasteiger partial charge is 0.320 e. The van der Waals surface area contributed by atoms with Crippen molar-refractivity contribution >= 4 is 17.8 Å². The second-order valence-corrected chi connectivity index (χ2v) is 13.5. The quantitative estimate of drug-likeness (QED) is 0.383. The molecule has 0 unspecified atom stereocenters. The van der Waals surface area contributed by atoms with E-state index in [1.54, 1.807) is 9.80 Å². The third-order valence-corrected chi connectivity index (χ3v) is 10.9. The highest BCUT2D eigenvalue weighted by Gasteiger charge is 2.64. The maximum Gasteiger partial charge on any atom is 0.320 e. The highest BCUT2D eigenvalue weighted by Crippen LogP contribution is 2.61. The van der Waals surface area contributed by atoms with Crippen molar-refractivity contribution in [1.82, 2.24) is 19.6 Å². The van der Waals surface area contributed by atoms with Gasteiger partial charge in [0.1, 0.15) is 5.78 Å². The number of carbonyl (C=O) groups is 3. The fourth-order valence-electron chi connectivity index (χ4n) is 8.49. The summed E-state index contributed by atoms with van der Waals surface area (Å²) in [5, 5.41) is 0. The van der Waals surface area contributed by atoms with E-state index in [1.807, 2.05) is 9.80 Å². The Bertz CT molecular complexity index is 989. The Kier molecular flexibility index (Phi) is 8.55. The van der Waals surface area contributed by atoms with Crippen LogP contribution in [0.25, 0.3) is 0 Å². The number of hydrogen-bond donors (Lipinski definition) is 0. The van der Waals surface area contributed by atoms with Crippen molar-refractivity contribution in [3.8, 4) is 0 Å². The number of likely N-dealkylation sites (tertiary alicyclic amines) is 2. The molecule has 9 aliphatic rings. The van der Waals surface area contributed by atoms with Crippen molar-refractivity contribution in [3.63, 3.8) is 0 Å². The maximum absolute atomic E-state index is 12.7. The number of carbonyl (C=O) groups excluding carboxylic acids is 3. The number of hydrogen-bond acceptors (Lipinski definition) is 9. The van der Waals surface area contributed by atoms with E-state index in [4.69, 9.17) is 29.0 Å². The first-order valence-corrected chi connectivity index (χ1v) is 16.4. The van der Waals surface area contributed by atoms with Crippen LogP contribution in [-0.4, -0.2) is 128 Å². The van der Waals surface area contributed by atoms with Gasteiger partial charge in [0.2, 0.25) is 11.6 Å². The summed E-state index contributed by atoms with van der Waals surface area (Å²) in [5.74, 6) is 1.08. The van der Waals surface area contributed by atoms with E-state index in [0.29, 0.717) is 116 Å². The summed E-state index contributed by atoms with van der Waals surface area (Å²) in [4.78, 5) is 67.0. The summed E-state index contributed by atoms with van der Waals surface area (Å²) >= 11 is 0. The molecule has 4 amide bonds. The van der Waals surface area contributed by atoms with E-state index < -0.39 is 11.6 Å². The van der Waals surface area contributed by atoms with Gasteiger partial charge in [-0.25, -0.2) is 9.59 Å². The zero-order chi connectivity index (χ0) is 29.4. The molecule has 5 saturated heterocycles. The van der Waals surface area contributed by atoms with Crippen LogP contribution in [0.15, 0.2) is 0 Å². The zero-order valence-corrected chi connectivity index (χ0v) is 25.1. The summed E-state index contributed by atoms with van der Waals surface area (Å²) < 4.78 is 10.5. The predicted molar refractivity (Wildman–Crippen MR) is 149 cm³/mol. The van der Waals surface area contributed by atoms with Crippen LogP contribution in [-0.2, 0) is 33.8 Å². The highest BCUT2D eigenvalue weighted by atomic mass is 17.4. The molecule has 0 aromatic heterocycles. The number of ketones is 1. The van der Waals surface area contributed by atoms with Crippen molar-refractivity contribution in [2.45, 2.75) is 69.4 Å². The van der Waals surface area contributed by atoms with E-state index in [-0.39, 0.29) is 17.8 Å². The minimum absolute atomic E-state index is 0.0609. The fourth-order valence-corrected chi connectivity index (χ4v) is 8.49. The molecule has 4 saturated carbocycles. The number of morpholine rings is 2. The maximum atomic E-state index is 12.7. The molecule has 5 heterocycles. The minimum atomic E-state index is -0.887. The van der Waals surface area contributed by atoms with E-state index in [9.17, 15) is 14.4 Å². The molecule has 0 radical (unpaired) electrons. The normalized spacial score (nSPS) is 34.7. The summed E-state index contributed by atoms with van der Waals surface area (Å²) in [6.07, 6.45) is 8.15. The van der Waals surface area contributed by atoms with Crippen molar-refractivity contribution in [2.75, 3.05) is 78.8 Å². The van der Waals surface area contributed by atoms with Crippen LogP contribution in [0.1, 0.15) is 57.8 Å². The third-order valence-electron chi connectivity index (χ3n) is 10.9. The van der Waals surface area contributed by atoms with Gasteiger partial charge in [0.25, 0.3) is 0 Å². The molecule has 0 aromatic rings. The number of nitrogens with zero attached hydrogens (tertiary/aromatic N) is 4. The Hall–Kier alpha value is -2.03. The number of piperidine rings is 2. The van der Waals surface area contributed by atoms with Crippen LogP contribution in [0.2, 0.25) is 0 Å². The summed E-state index contributed by atoms with van der Waals surface area (Å²) in [7, 11) is 0. The average Bonchev–Trinajstić information content (AvgIpc) is 3.05. The van der Waals surface area contributed by atoms with E-state index >= 15 is 0 Å². The van der Waals surface area contributed by atoms with Crippen LogP contribution in [0.5, 0.6) is 0 Å². The lowest BCUT2D eigenvalue weighted by molar-refractivity contribution is -0.680. The van der Waals surface area contributed by atoms with E-state index in [1.165, 1.54) is 6.42 Å². The molecule has 9 rings (SSSR count). The molecule has 9 fully saturated rings. The number of rotatable bonds is 0. The average molecular weight is 607 g/mol. The van der Waals surface area contributed by atoms with Crippen LogP contribution < -0.4 is 0 Å². The first-order valence-electron chi connectivity index (χ1n) is 16.4. The monoisotopic (exact) mass is 606 g/mol. The minimum Gasteiger partial charge on any atom is -0.378 e. The number of urea groups is 2. The Labute approximate surface area is 252 Å². The largest absolute Gasteiger partial charge is 0.378 e. The molecule has 13 nitrogen and oxygen atoms in total. The number of ether oxygens (including phenoxy) is 2. The summed E-state index contributed by atoms with van der Waals surface area (Å²) in [6, 6.07) is 0.138. The molecule has 0 aromatic carbocycles. The molecule has 5 aliphatic heterocycles. The Morgan fingerprint density at radius 2 is 0.977 bits per heavy atom.